The molecule has 0 saturated heterocycles. The van der Waals surface area contributed by atoms with E-state index in [0.29, 0.717) is 12.1 Å². The summed E-state index contributed by atoms with van der Waals surface area (Å²) in [4.78, 5) is 17.7. The van der Waals surface area contributed by atoms with Gasteiger partial charge in [0.15, 0.2) is 0 Å². The minimum atomic E-state index is -0.0666. The number of hydrogen-bond donors (Lipinski definition) is 0. The summed E-state index contributed by atoms with van der Waals surface area (Å²) in [5.41, 5.74) is 2.35. The molecular formula is C13H15N3O2. The van der Waals surface area contributed by atoms with Crippen LogP contribution >= 0.6 is 0 Å². The molecule has 0 atom stereocenters. The van der Waals surface area contributed by atoms with Gasteiger partial charge in [-0.1, -0.05) is 5.16 Å². The Bertz CT molecular complexity index is 529. The third kappa shape index (κ3) is 2.40. The second kappa shape index (κ2) is 5.00. The van der Waals surface area contributed by atoms with Crippen molar-refractivity contribution >= 4 is 5.91 Å². The number of aromatic nitrogens is 2. The Labute approximate surface area is 105 Å². The summed E-state index contributed by atoms with van der Waals surface area (Å²) >= 11 is 0. The standard InChI is InChI=1S/C13H15N3O2/c1-9-12(10(2)18-15-9)8-16(3)13(17)11-5-4-6-14-7-11/h4-7H,8H2,1-3H3. The zero-order valence-corrected chi connectivity index (χ0v) is 10.7. The van der Waals surface area contributed by atoms with Crippen molar-refractivity contribution in [2.24, 2.45) is 0 Å². The summed E-state index contributed by atoms with van der Waals surface area (Å²) in [6.45, 7) is 4.20. The molecule has 0 spiro atoms. The lowest BCUT2D eigenvalue weighted by atomic mass is 10.2. The van der Waals surface area contributed by atoms with E-state index in [9.17, 15) is 4.79 Å². The van der Waals surface area contributed by atoms with Crippen molar-refractivity contribution in [1.29, 1.82) is 0 Å². The Morgan fingerprint density at radius 2 is 2.22 bits per heavy atom. The highest BCUT2D eigenvalue weighted by atomic mass is 16.5. The molecule has 18 heavy (non-hydrogen) atoms. The van der Waals surface area contributed by atoms with Crippen molar-refractivity contribution in [3.05, 3.63) is 47.1 Å². The van der Waals surface area contributed by atoms with Gasteiger partial charge in [-0.25, -0.2) is 0 Å². The van der Waals surface area contributed by atoms with Crippen molar-refractivity contribution in [3.8, 4) is 0 Å². The van der Waals surface area contributed by atoms with Crippen LogP contribution in [0.2, 0.25) is 0 Å². The van der Waals surface area contributed by atoms with E-state index in [2.05, 4.69) is 10.1 Å². The fourth-order valence-corrected chi connectivity index (χ4v) is 1.75. The van der Waals surface area contributed by atoms with E-state index in [-0.39, 0.29) is 5.91 Å². The average Bonchev–Trinajstić information content (AvgIpc) is 2.70. The molecule has 0 fully saturated rings. The van der Waals surface area contributed by atoms with E-state index >= 15 is 0 Å². The number of hydrogen-bond acceptors (Lipinski definition) is 4. The van der Waals surface area contributed by atoms with Crippen molar-refractivity contribution < 1.29 is 9.32 Å². The fraction of sp³-hybridized carbons (Fsp3) is 0.308. The molecule has 2 aromatic rings. The fourth-order valence-electron chi connectivity index (χ4n) is 1.75. The Morgan fingerprint density at radius 3 is 2.78 bits per heavy atom. The van der Waals surface area contributed by atoms with Gasteiger partial charge in [-0.15, -0.1) is 0 Å². The van der Waals surface area contributed by atoms with Crippen molar-refractivity contribution in [2.75, 3.05) is 7.05 Å². The number of carbonyl (C=O) groups excluding carboxylic acids is 1. The highest BCUT2D eigenvalue weighted by molar-refractivity contribution is 5.93. The maximum absolute atomic E-state index is 12.1. The highest BCUT2D eigenvalue weighted by Gasteiger charge is 2.16. The normalized spacial score (nSPS) is 10.4. The van der Waals surface area contributed by atoms with Gasteiger partial charge >= 0.3 is 0 Å². The number of pyridine rings is 1. The maximum atomic E-state index is 12.1. The predicted molar refractivity (Wildman–Crippen MR) is 66.0 cm³/mol. The van der Waals surface area contributed by atoms with Crippen molar-refractivity contribution in [1.82, 2.24) is 15.0 Å². The zero-order valence-electron chi connectivity index (χ0n) is 10.7. The van der Waals surface area contributed by atoms with Gasteiger partial charge in [-0.2, -0.15) is 0 Å². The van der Waals surface area contributed by atoms with Gasteiger partial charge in [0.05, 0.1) is 17.8 Å². The molecule has 5 nitrogen and oxygen atoms in total. The number of aryl methyl sites for hydroxylation is 2. The lowest BCUT2D eigenvalue weighted by molar-refractivity contribution is 0.0784. The third-order valence-electron chi connectivity index (χ3n) is 2.83. The number of nitrogens with zero attached hydrogens (tertiary/aromatic N) is 3. The Morgan fingerprint density at radius 1 is 1.44 bits per heavy atom. The average molecular weight is 245 g/mol. The first-order valence-electron chi connectivity index (χ1n) is 5.67. The number of rotatable bonds is 3. The molecule has 0 aliphatic rings. The van der Waals surface area contributed by atoms with E-state index in [1.54, 1.807) is 36.5 Å². The first-order chi connectivity index (χ1) is 8.59. The molecule has 1 amide bonds. The molecule has 2 rings (SSSR count). The van der Waals surface area contributed by atoms with E-state index < -0.39 is 0 Å². The van der Waals surface area contributed by atoms with E-state index in [1.165, 1.54) is 0 Å². The lowest BCUT2D eigenvalue weighted by Gasteiger charge is -2.16. The minimum Gasteiger partial charge on any atom is -0.361 e. The molecule has 0 unspecified atom stereocenters. The van der Waals surface area contributed by atoms with Gasteiger partial charge in [0.2, 0.25) is 0 Å². The van der Waals surface area contributed by atoms with Crippen molar-refractivity contribution in [3.63, 3.8) is 0 Å². The van der Waals surface area contributed by atoms with Crippen LogP contribution in [0.4, 0.5) is 0 Å². The first-order valence-corrected chi connectivity index (χ1v) is 5.67. The Balaban J connectivity index is 2.14. The topological polar surface area (TPSA) is 59.2 Å². The smallest absolute Gasteiger partial charge is 0.255 e. The summed E-state index contributed by atoms with van der Waals surface area (Å²) < 4.78 is 5.08. The molecule has 94 valence electrons. The zero-order chi connectivity index (χ0) is 13.1. The lowest BCUT2D eigenvalue weighted by Crippen LogP contribution is -2.26. The van der Waals surface area contributed by atoms with Crippen LogP contribution in [0.5, 0.6) is 0 Å². The van der Waals surface area contributed by atoms with Crippen molar-refractivity contribution in [2.45, 2.75) is 20.4 Å². The van der Waals surface area contributed by atoms with Crippen LogP contribution in [0.15, 0.2) is 29.0 Å². The molecule has 0 aliphatic carbocycles. The second-order valence-corrected chi connectivity index (χ2v) is 4.21. The monoisotopic (exact) mass is 245 g/mol. The molecule has 0 radical (unpaired) electrons. The molecule has 2 aromatic heterocycles. The van der Waals surface area contributed by atoms with Crippen LogP contribution in [0.25, 0.3) is 0 Å². The number of carbonyl (C=O) groups is 1. The third-order valence-corrected chi connectivity index (χ3v) is 2.83. The van der Waals surface area contributed by atoms with Gasteiger partial charge in [0, 0.05) is 25.0 Å². The summed E-state index contributed by atoms with van der Waals surface area (Å²) in [6.07, 6.45) is 3.21. The SMILES string of the molecule is Cc1noc(C)c1CN(C)C(=O)c1cccnc1. The molecule has 0 saturated carbocycles. The Hall–Kier alpha value is -2.17. The minimum absolute atomic E-state index is 0.0666. The van der Waals surface area contributed by atoms with Crippen LogP contribution < -0.4 is 0 Å². The summed E-state index contributed by atoms with van der Waals surface area (Å²) in [5.74, 6) is 0.682. The quantitative estimate of drug-likeness (QED) is 0.829. The van der Waals surface area contributed by atoms with E-state index in [1.807, 2.05) is 13.8 Å². The van der Waals surface area contributed by atoms with Gasteiger partial charge in [0.1, 0.15) is 5.76 Å². The molecule has 5 heteroatoms. The Kier molecular flexibility index (Phi) is 3.41. The summed E-state index contributed by atoms with van der Waals surface area (Å²) in [7, 11) is 1.75. The maximum Gasteiger partial charge on any atom is 0.255 e. The summed E-state index contributed by atoms with van der Waals surface area (Å²) in [5, 5.41) is 3.88. The molecule has 0 aromatic carbocycles. The van der Waals surface area contributed by atoms with E-state index in [4.69, 9.17) is 4.52 Å². The van der Waals surface area contributed by atoms with Gasteiger partial charge < -0.3 is 9.42 Å². The van der Waals surface area contributed by atoms with Crippen LogP contribution in [-0.2, 0) is 6.54 Å². The second-order valence-electron chi connectivity index (χ2n) is 4.21. The first kappa shape index (κ1) is 12.3. The van der Waals surface area contributed by atoms with Crippen LogP contribution in [0.1, 0.15) is 27.4 Å². The van der Waals surface area contributed by atoms with Crippen LogP contribution in [0, 0.1) is 13.8 Å². The molecule has 0 N–H and O–H groups in total. The van der Waals surface area contributed by atoms with Gasteiger partial charge in [0.25, 0.3) is 5.91 Å². The molecule has 0 aliphatic heterocycles. The van der Waals surface area contributed by atoms with Crippen LogP contribution in [0.3, 0.4) is 0 Å². The highest BCUT2D eigenvalue weighted by Crippen LogP contribution is 2.15. The largest absolute Gasteiger partial charge is 0.361 e. The van der Waals surface area contributed by atoms with Gasteiger partial charge in [-0.05, 0) is 26.0 Å². The number of amides is 1. The van der Waals surface area contributed by atoms with Crippen LogP contribution in [-0.4, -0.2) is 28.0 Å². The predicted octanol–water partition coefficient (Wildman–Crippen LogP) is 1.96. The molecule has 2 heterocycles. The molecular weight excluding hydrogens is 230 g/mol. The molecule has 0 bridgehead atoms. The summed E-state index contributed by atoms with van der Waals surface area (Å²) in [6, 6.07) is 3.50. The van der Waals surface area contributed by atoms with Gasteiger partial charge in [-0.3, -0.25) is 9.78 Å². The van der Waals surface area contributed by atoms with E-state index in [0.717, 1.165) is 17.0 Å².